The first-order chi connectivity index (χ1) is 17.1. The van der Waals surface area contributed by atoms with Crippen molar-refractivity contribution in [2.24, 2.45) is 0 Å². The number of hydrogen-bond acceptors (Lipinski definition) is 4. The number of hydrogen-bond donors (Lipinski definition) is 1. The number of benzene rings is 3. The highest BCUT2D eigenvalue weighted by molar-refractivity contribution is 7.98. The van der Waals surface area contributed by atoms with Gasteiger partial charge in [0, 0.05) is 35.2 Å². The van der Waals surface area contributed by atoms with Gasteiger partial charge in [-0.05, 0) is 54.3 Å². The number of halogens is 2. The van der Waals surface area contributed by atoms with Gasteiger partial charge in [0.1, 0.15) is 5.82 Å². The van der Waals surface area contributed by atoms with Crippen molar-refractivity contribution in [3.63, 3.8) is 0 Å². The van der Waals surface area contributed by atoms with Crippen LogP contribution in [0.5, 0.6) is 0 Å². The van der Waals surface area contributed by atoms with Gasteiger partial charge in [0.15, 0.2) is 5.16 Å². The summed E-state index contributed by atoms with van der Waals surface area (Å²) in [4.78, 5) is 12.2. The van der Waals surface area contributed by atoms with Gasteiger partial charge in [0.2, 0.25) is 5.91 Å². The molecule has 1 N–H and O–H groups in total. The van der Waals surface area contributed by atoms with Crippen molar-refractivity contribution < 1.29 is 4.79 Å². The molecule has 1 heterocycles. The topological polar surface area (TPSA) is 59.8 Å². The Hall–Kier alpha value is -2.80. The lowest BCUT2D eigenvalue weighted by molar-refractivity contribution is -0.121. The van der Waals surface area contributed by atoms with Gasteiger partial charge in [-0.1, -0.05) is 83.5 Å². The molecule has 180 valence electrons. The molecule has 0 fully saturated rings. The third kappa shape index (κ3) is 7.59. The number of amides is 1. The minimum atomic E-state index is 0.0583. The summed E-state index contributed by atoms with van der Waals surface area (Å²) in [5, 5.41) is 14.1. The first-order valence-corrected chi connectivity index (χ1v) is 13.2. The molecule has 4 rings (SSSR count). The Balaban J connectivity index is 1.37. The third-order valence-electron chi connectivity index (χ3n) is 5.41. The van der Waals surface area contributed by atoms with Gasteiger partial charge in [0.25, 0.3) is 0 Å². The van der Waals surface area contributed by atoms with E-state index in [9.17, 15) is 4.79 Å². The molecule has 0 unspecified atom stereocenters. The zero-order valence-electron chi connectivity index (χ0n) is 19.2. The molecule has 0 spiro atoms. The minimum Gasteiger partial charge on any atom is -0.352 e. The molecule has 0 aliphatic heterocycles. The Morgan fingerprint density at radius 3 is 2.37 bits per heavy atom. The lowest BCUT2D eigenvalue weighted by atomic mass is 10.1. The molecule has 0 saturated heterocycles. The van der Waals surface area contributed by atoms with Crippen LogP contribution in [-0.4, -0.2) is 20.7 Å². The van der Waals surface area contributed by atoms with E-state index in [-0.39, 0.29) is 5.91 Å². The first-order valence-electron chi connectivity index (χ1n) is 11.5. The second-order valence-electron chi connectivity index (χ2n) is 8.10. The molecular formula is C27H26Cl2N4OS. The van der Waals surface area contributed by atoms with Crippen LogP contribution in [-0.2, 0) is 23.5 Å². The number of unbranched alkanes of at least 4 members (excludes halogenated alkanes) is 1. The summed E-state index contributed by atoms with van der Waals surface area (Å²) in [6.45, 7) is 0.552. The largest absolute Gasteiger partial charge is 0.352 e. The zero-order chi connectivity index (χ0) is 24.5. The van der Waals surface area contributed by atoms with Crippen LogP contribution in [0.2, 0.25) is 10.0 Å². The molecule has 0 atom stereocenters. The smallest absolute Gasteiger partial charge is 0.220 e. The van der Waals surface area contributed by atoms with Crippen LogP contribution in [0, 0.1) is 0 Å². The molecule has 1 aromatic heterocycles. The highest BCUT2D eigenvalue weighted by atomic mass is 35.5. The van der Waals surface area contributed by atoms with Gasteiger partial charge < -0.3 is 5.32 Å². The maximum absolute atomic E-state index is 12.2. The molecule has 4 aromatic rings. The molecular weight excluding hydrogens is 499 g/mol. The molecule has 5 nitrogen and oxygen atoms in total. The lowest BCUT2D eigenvalue weighted by Gasteiger charge is -2.11. The third-order valence-corrected chi connectivity index (χ3v) is 6.88. The predicted octanol–water partition coefficient (Wildman–Crippen LogP) is 6.90. The number of aryl methyl sites for hydroxylation is 1. The summed E-state index contributed by atoms with van der Waals surface area (Å²) in [5.74, 6) is 1.63. The Labute approximate surface area is 219 Å². The average Bonchev–Trinajstić information content (AvgIpc) is 3.27. The van der Waals surface area contributed by atoms with Crippen LogP contribution in [0.3, 0.4) is 0 Å². The minimum absolute atomic E-state index is 0.0583. The maximum Gasteiger partial charge on any atom is 0.220 e. The summed E-state index contributed by atoms with van der Waals surface area (Å²) >= 11 is 14.0. The molecule has 0 aliphatic rings. The molecule has 0 aliphatic carbocycles. The van der Waals surface area contributed by atoms with Crippen molar-refractivity contribution in [2.45, 2.75) is 43.1 Å². The van der Waals surface area contributed by atoms with Crippen LogP contribution in [0.25, 0.3) is 5.69 Å². The van der Waals surface area contributed by atoms with Gasteiger partial charge in [-0.25, -0.2) is 0 Å². The highest BCUT2D eigenvalue weighted by Crippen LogP contribution is 2.28. The molecule has 0 radical (unpaired) electrons. The second kappa shape index (κ2) is 12.8. The normalized spacial score (nSPS) is 10.9. The van der Waals surface area contributed by atoms with Crippen molar-refractivity contribution in [2.75, 3.05) is 0 Å². The van der Waals surface area contributed by atoms with Gasteiger partial charge in [-0.2, -0.15) is 0 Å². The predicted molar refractivity (Wildman–Crippen MR) is 143 cm³/mol. The molecule has 3 aromatic carbocycles. The summed E-state index contributed by atoms with van der Waals surface area (Å²) in [7, 11) is 0. The van der Waals surface area contributed by atoms with E-state index in [2.05, 4.69) is 20.1 Å². The van der Waals surface area contributed by atoms with Crippen LogP contribution < -0.4 is 5.32 Å². The Morgan fingerprint density at radius 2 is 1.60 bits per heavy atom. The van der Waals surface area contributed by atoms with E-state index >= 15 is 0 Å². The van der Waals surface area contributed by atoms with Gasteiger partial charge in [-0.3, -0.25) is 9.36 Å². The Morgan fingerprint density at radius 1 is 0.857 bits per heavy atom. The van der Waals surface area contributed by atoms with E-state index in [4.69, 9.17) is 23.2 Å². The summed E-state index contributed by atoms with van der Waals surface area (Å²) in [5.41, 5.74) is 3.14. The summed E-state index contributed by atoms with van der Waals surface area (Å²) < 4.78 is 2.05. The second-order valence-corrected chi connectivity index (χ2v) is 9.92. The van der Waals surface area contributed by atoms with Gasteiger partial charge >= 0.3 is 0 Å². The maximum atomic E-state index is 12.2. The van der Waals surface area contributed by atoms with Crippen LogP contribution in [0.1, 0.15) is 36.2 Å². The fourth-order valence-electron chi connectivity index (χ4n) is 3.66. The number of carbonyl (C=O) groups is 1. The highest BCUT2D eigenvalue weighted by Gasteiger charge is 2.15. The molecule has 35 heavy (non-hydrogen) atoms. The number of aromatic nitrogens is 3. The number of carbonyl (C=O) groups excluding carboxylic acids is 1. The van der Waals surface area contributed by atoms with E-state index in [1.807, 2.05) is 78.9 Å². The molecule has 1 amide bonds. The van der Waals surface area contributed by atoms with E-state index < -0.39 is 0 Å². The fraction of sp³-hybridized carbons (Fsp3) is 0.222. The van der Waals surface area contributed by atoms with Crippen molar-refractivity contribution >= 4 is 40.9 Å². The van der Waals surface area contributed by atoms with E-state index in [1.165, 1.54) is 0 Å². The number of nitrogens with zero attached hydrogens (tertiary/aromatic N) is 3. The van der Waals surface area contributed by atoms with E-state index in [0.717, 1.165) is 46.4 Å². The molecule has 0 bridgehead atoms. The number of rotatable bonds is 11. The lowest BCUT2D eigenvalue weighted by Crippen LogP contribution is -2.22. The van der Waals surface area contributed by atoms with Crippen LogP contribution in [0.4, 0.5) is 0 Å². The fourth-order valence-corrected chi connectivity index (χ4v) is 4.97. The van der Waals surface area contributed by atoms with E-state index in [0.29, 0.717) is 29.4 Å². The molecule has 8 heteroatoms. The van der Waals surface area contributed by atoms with Crippen LogP contribution in [0.15, 0.2) is 84.0 Å². The Bertz CT molecular complexity index is 1260. The molecule has 0 saturated carbocycles. The van der Waals surface area contributed by atoms with Gasteiger partial charge in [-0.15, -0.1) is 10.2 Å². The first kappa shape index (κ1) is 25.3. The summed E-state index contributed by atoms with van der Waals surface area (Å²) in [6.07, 6.45) is 2.79. The van der Waals surface area contributed by atoms with Gasteiger partial charge in [0.05, 0.1) is 5.69 Å². The Kier molecular flexibility index (Phi) is 9.23. The van der Waals surface area contributed by atoms with Crippen molar-refractivity contribution in [3.05, 3.63) is 106 Å². The van der Waals surface area contributed by atoms with Crippen molar-refractivity contribution in [3.8, 4) is 5.69 Å². The quantitative estimate of drug-likeness (QED) is 0.171. The number of nitrogens with one attached hydrogen (secondary N) is 1. The number of thioether (sulfide) groups is 1. The van der Waals surface area contributed by atoms with E-state index in [1.54, 1.807) is 11.8 Å². The zero-order valence-corrected chi connectivity index (χ0v) is 21.5. The van der Waals surface area contributed by atoms with Crippen LogP contribution >= 0.6 is 35.0 Å². The monoisotopic (exact) mass is 524 g/mol. The SMILES string of the molecule is O=C(CCCCc1nnc(SCc2cccc(Cl)c2)n1-c1cccc(Cl)c1)NCc1ccccc1. The van der Waals surface area contributed by atoms with Crippen molar-refractivity contribution in [1.82, 2.24) is 20.1 Å². The van der Waals surface area contributed by atoms with Crippen molar-refractivity contribution in [1.29, 1.82) is 0 Å². The average molecular weight is 526 g/mol. The standard InChI is InChI=1S/C27H26Cl2N4OS/c28-22-11-6-10-21(16-22)19-35-27-32-31-25(33(27)24-13-7-12-23(29)17-24)14-4-5-15-26(34)30-18-20-8-2-1-3-9-20/h1-3,6-13,16-17H,4-5,14-15,18-19H2,(H,30,34). The summed E-state index contributed by atoms with van der Waals surface area (Å²) in [6, 6.07) is 25.4.